The number of hydrogen-bond acceptors (Lipinski definition) is 4. The lowest BCUT2D eigenvalue weighted by Gasteiger charge is -2.45. The van der Waals surface area contributed by atoms with Gasteiger partial charge in [-0.25, -0.2) is 9.78 Å². The van der Waals surface area contributed by atoms with Crippen molar-refractivity contribution in [2.45, 2.75) is 24.7 Å². The lowest BCUT2D eigenvalue weighted by molar-refractivity contribution is -0.141. The van der Waals surface area contributed by atoms with Crippen LogP contribution in [0.4, 0.5) is 23.8 Å². The first-order chi connectivity index (χ1) is 11.3. The molecule has 1 aromatic rings. The minimum absolute atomic E-state index is 0.0967. The fraction of sp³-hybridized carbons (Fsp3) is 0.600. The van der Waals surface area contributed by atoms with Crippen LogP contribution in [0.3, 0.4) is 0 Å². The van der Waals surface area contributed by atoms with Gasteiger partial charge < -0.3 is 9.64 Å². The van der Waals surface area contributed by atoms with Gasteiger partial charge in [0.1, 0.15) is 11.5 Å². The van der Waals surface area contributed by atoms with Crippen molar-refractivity contribution in [1.82, 2.24) is 14.8 Å². The number of carbonyl (C=O) groups excluding carboxylic acids is 1. The molecule has 24 heavy (non-hydrogen) atoms. The van der Waals surface area contributed by atoms with Gasteiger partial charge in [0, 0.05) is 19.6 Å². The number of fused-ring (bicyclic) bond motifs is 1. The van der Waals surface area contributed by atoms with Crippen molar-refractivity contribution in [3.63, 3.8) is 0 Å². The van der Waals surface area contributed by atoms with Gasteiger partial charge in [-0.3, -0.25) is 10.2 Å². The molecule has 0 unspecified atom stereocenters. The molecule has 2 fully saturated rings. The number of alkyl halides is 3. The molecule has 0 aromatic carbocycles. The molecule has 0 bridgehead atoms. The number of aromatic nitrogens is 1. The lowest BCUT2D eigenvalue weighted by atomic mass is 9.99. The molecule has 1 N–H and O–H groups in total. The summed E-state index contributed by atoms with van der Waals surface area (Å²) >= 11 is 0. The first-order valence-electron chi connectivity index (χ1n) is 7.76. The summed E-state index contributed by atoms with van der Waals surface area (Å²) in [5, 5.41) is 2.45. The van der Waals surface area contributed by atoms with Gasteiger partial charge in [-0.15, -0.1) is 0 Å². The largest absolute Gasteiger partial charge is 0.433 e. The number of hydrogen-bond donors (Lipinski definition) is 1. The third-order valence-corrected chi connectivity index (χ3v) is 4.42. The van der Waals surface area contributed by atoms with Crippen molar-refractivity contribution in [2.24, 2.45) is 0 Å². The molecular formula is C15H19F3N4O2. The van der Waals surface area contributed by atoms with Crippen LogP contribution < -0.4 is 5.32 Å². The smallest absolute Gasteiger partial charge is 0.375 e. The van der Waals surface area contributed by atoms with Crippen LogP contribution in [0, 0.1) is 0 Å². The van der Waals surface area contributed by atoms with Crippen LogP contribution in [0.15, 0.2) is 18.2 Å². The van der Waals surface area contributed by atoms with Gasteiger partial charge in [0.2, 0.25) is 0 Å². The van der Waals surface area contributed by atoms with E-state index in [0.717, 1.165) is 12.6 Å². The minimum Gasteiger partial charge on any atom is -0.375 e. The average molecular weight is 344 g/mol. The van der Waals surface area contributed by atoms with E-state index < -0.39 is 17.9 Å². The Balaban J connectivity index is 1.65. The normalized spacial score (nSPS) is 25.2. The number of piperidine rings is 1. The van der Waals surface area contributed by atoms with Crippen LogP contribution in [0.1, 0.15) is 12.1 Å². The zero-order chi connectivity index (χ0) is 17.3. The number of pyridine rings is 1. The quantitative estimate of drug-likeness (QED) is 0.847. The molecule has 0 saturated carbocycles. The second-order valence-corrected chi connectivity index (χ2v) is 6.03. The molecule has 0 radical (unpaired) electrons. The van der Waals surface area contributed by atoms with Crippen LogP contribution in [-0.4, -0.2) is 66.2 Å². The van der Waals surface area contributed by atoms with Crippen LogP contribution in [0.25, 0.3) is 0 Å². The highest BCUT2D eigenvalue weighted by molar-refractivity contribution is 5.88. The maximum absolute atomic E-state index is 12.7. The number of rotatable bonds is 1. The first kappa shape index (κ1) is 17.0. The van der Waals surface area contributed by atoms with Crippen molar-refractivity contribution in [3.05, 3.63) is 23.9 Å². The molecule has 3 heterocycles. The Kier molecular flexibility index (Phi) is 4.64. The zero-order valence-corrected chi connectivity index (χ0v) is 13.2. The van der Waals surface area contributed by atoms with E-state index in [-0.39, 0.29) is 18.0 Å². The van der Waals surface area contributed by atoms with Gasteiger partial charge >= 0.3 is 12.2 Å². The molecule has 2 aliphatic rings. The monoisotopic (exact) mass is 344 g/mol. The molecule has 0 aliphatic carbocycles. The molecule has 0 spiro atoms. The molecule has 2 aliphatic heterocycles. The van der Waals surface area contributed by atoms with E-state index in [1.807, 2.05) is 7.05 Å². The molecule has 132 valence electrons. The van der Waals surface area contributed by atoms with E-state index >= 15 is 0 Å². The second-order valence-electron chi connectivity index (χ2n) is 6.03. The highest BCUT2D eigenvalue weighted by Gasteiger charge is 2.37. The number of ether oxygens (including phenoxy) is 1. The number of urea groups is 1. The second kappa shape index (κ2) is 6.56. The molecule has 6 nitrogen and oxygen atoms in total. The number of anilines is 1. The lowest BCUT2D eigenvalue weighted by Crippen LogP contribution is -2.60. The van der Waals surface area contributed by atoms with Gasteiger partial charge in [-0.2, -0.15) is 13.2 Å². The third-order valence-electron chi connectivity index (χ3n) is 4.42. The Morgan fingerprint density at radius 2 is 2.17 bits per heavy atom. The Hall–Kier alpha value is -1.87. The fourth-order valence-corrected chi connectivity index (χ4v) is 3.08. The molecule has 3 rings (SSSR count). The SMILES string of the molecule is CN1CCO[C@@H]2CCN(C(=O)Nc3cccc(C(F)(F)F)n3)C[C@@H]21. The number of halogens is 3. The molecule has 2 saturated heterocycles. The van der Waals surface area contributed by atoms with Crippen LogP contribution >= 0.6 is 0 Å². The van der Waals surface area contributed by atoms with Gasteiger partial charge in [-0.05, 0) is 25.6 Å². The summed E-state index contributed by atoms with van der Waals surface area (Å²) in [6.07, 6.45) is -3.74. The van der Waals surface area contributed by atoms with Crippen molar-refractivity contribution in [3.8, 4) is 0 Å². The summed E-state index contributed by atoms with van der Waals surface area (Å²) < 4.78 is 43.8. The highest BCUT2D eigenvalue weighted by atomic mass is 19.4. The van der Waals surface area contributed by atoms with Gasteiger partial charge in [-0.1, -0.05) is 6.07 Å². The van der Waals surface area contributed by atoms with Crippen LogP contribution in [0.5, 0.6) is 0 Å². The summed E-state index contributed by atoms with van der Waals surface area (Å²) in [5.41, 5.74) is -1.03. The fourth-order valence-electron chi connectivity index (χ4n) is 3.08. The van der Waals surface area contributed by atoms with E-state index in [1.54, 1.807) is 4.90 Å². The van der Waals surface area contributed by atoms with Crippen molar-refractivity contribution < 1.29 is 22.7 Å². The Morgan fingerprint density at radius 1 is 1.38 bits per heavy atom. The predicted molar refractivity (Wildman–Crippen MR) is 80.6 cm³/mol. The average Bonchev–Trinajstić information content (AvgIpc) is 2.54. The zero-order valence-electron chi connectivity index (χ0n) is 13.2. The molecule has 9 heteroatoms. The summed E-state index contributed by atoms with van der Waals surface area (Å²) in [6.45, 7) is 2.45. The van der Waals surface area contributed by atoms with Crippen molar-refractivity contribution in [1.29, 1.82) is 0 Å². The summed E-state index contributed by atoms with van der Waals surface area (Å²) in [6, 6.07) is 3.10. The molecule has 1 aromatic heterocycles. The standard InChI is InChI=1S/C15H19F3N4O2/c1-21-7-8-24-11-5-6-22(9-10(11)21)14(23)20-13-4-2-3-12(19-13)15(16,17)18/h2-4,10-11H,5-9H2,1H3,(H,19,20,23)/t10-,11+/m0/s1. The maximum Gasteiger partial charge on any atom is 0.433 e. The van der Waals surface area contributed by atoms with Gasteiger partial charge in [0.15, 0.2) is 0 Å². The van der Waals surface area contributed by atoms with Crippen LogP contribution in [-0.2, 0) is 10.9 Å². The number of likely N-dealkylation sites (N-methyl/N-ethyl adjacent to an activating group) is 1. The minimum atomic E-state index is -4.54. The highest BCUT2D eigenvalue weighted by Crippen LogP contribution is 2.28. The van der Waals surface area contributed by atoms with Gasteiger partial charge in [0.05, 0.1) is 18.8 Å². The number of morpholine rings is 1. The topological polar surface area (TPSA) is 57.7 Å². The van der Waals surface area contributed by atoms with Gasteiger partial charge in [0.25, 0.3) is 0 Å². The molecule has 2 amide bonds. The number of amides is 2. The van der Waals surface area contributed by atoms with E-state index in [4.69, 9.17) is 4.74 Å². The predicted octanol–water partition coefficient (Wildman–Crippen LogP) is 2.04. The Morgan fingerprint density at radius 3 is 2.92 bits per heavy atom. The number of nitrogens with zero attached hydrogens (tertiary/aromatic N) is 3. The summed E-state index contributed by atoms with van der Waals surface area (Å²) in [4.78, 5) is 19.5. The van der Waals surface area contributed by atoms with E-state index in [1.165, 1.54) is 12.1 Å². The molecular weight excluding hydrogens is 325 g/mol. The van der Waals surface area contributed by atoms with E-state index in [9.17, 15) is 18.0 Å². The third kappa shape index (κ3) is 3.62. The summed E-state index contributed by atoms with van der Waals surface area (Å²) in [7, 11) is 1.98. The maximum atomic E-state index is 12.7. The van der Waals surface area contributed by atoms with E-state index in [2.05, 4.69) is 15.2 Å². The summed E-state index contributed by atoms with van der Waals surface area (Å²) in [5.74, 6) is -0.106. The number of carbonyl (C=O) groups is 1. The molecule has 2 atom stereocenters. The first-order valence-corrected chi connectivity index (χ1v) is 7.76. The number of likely N-dealkylation sites (tertiary alicyclic amines) is 1. The van der Waals surface area contributed by atoms with Crippen molar-refractivity contribution in [2.75, 3.05) is 38.6 Å². The van der Waals surface area contributed by atoms with E-state index in [0.29, 0.717) is 26.1 Å². The van der Waals surface area contributed by atoms with Crippen LogP contribution in [0.2, 0.25) is 0 Å². The Labute approximate surface area is 137 Å². The Bertz CT molecular complexity index is 611. The number of nitrogens with one attached hydrogen (secondary N) is 1. The van der Waals surface area contributed by atoms with Crippen molar-refractivity contribution >= 4 is 11.8 Å².